The first kappa shape index (κ1) is 14.7. The van der Waals surface area contributed by atoms with Gasteiger partial charge in [-0.1, -0.05) is 30.3 Å². The summed E-state index contributed by atoms with van der Waals surface area (Å²) < 4.78 is 11.3. The van der Waals surface area contributed by atoms with Gasteiger partial charge in [-0.2, -0.15) is 0 Å². The molecule has 0 aromatic heterocycles. The molecule has 1 N–H and O–H groups in total. The molecule has 1 unspecified atom stereocenters. The van der Waals surface area contributed by atoms with Gasteiger partial charge in [-0.15, -0.1) is 0 Å². The van der Waals surface area contributed by atoms with Crippen LogP contribution in [0.1, 0.15) is 36.6 Å². The van der Waals surface area contributed by atoms with Crippen LogP contribution < -0.4 is 9.47 Å². The lowest BCUT2D eigenvalue weighted by Gasteiger charge is -2.15. The van der Waals surface area contributed by atoms with Gasteiger partial charge >= 0.3 is 0 Å². The van der Waals surface area contributed by atoms with Crippen LogP contribution in [0, 0.1) is 0 Å². The Morgan fingerprint density at radius 3 is 2.23 bits per heavy atom. The summed E-state index contributed by atoms with van der Waals surface area (Å²) in [6, 6.07) is 13.9. The van der Waals surface area contributed by atoms with Crippen LogP contribution in [-0.2, 0) is 0 Å². The van der Waals surface area contributed by atoms with Crippen molar-refractivity contribution in [3.8, 4) is 11.5 Å². The van der Waals surface area contributed by atoms with E-state index in [9.17, 15) is 5.11 Å². The highest BCUT2D eigenvalue weighted by molar-refractivity contribution is 5.86. The molecule has 0 spiro atoms. The van der Waals surface area contributed by atoms with Crippen molar-refractivity contribution in [2.24, 2.45) is 0 Å². The first-order valence-electron chi connectivity index (χ1n) is 7.63. The highest BCUT2D eigenvalue weighted by atomic mass is 16.5. The van der Waals surface area contributed by atoms with Crippen LogP contribution in [0.2, 0.25) is 0 Å². The predicted octanol–water partition coefficient (Wildman–Crippen LogP) is 3.96. The molecule has 0 saturated heterocycles. The van der Waals surface area contributed by atoms with Gasteiger partial charge < -0.3 is 14.6 Å². The van der Waals surface area contributed by atoms with E-state index in [1.807, 2.05) is 62.4 Å². The van der Waals surface area contributed by atoms with E-state index in [4.69, 9.17) is 9.47 Å². The van der Waals surface area contributed by atoms with E-state index in [1.165, 1.54) is 0 Å². The van der Waals surface area contributed by atoms with Gasteiger partial charge in [-0.25, -0.2) is 0 Å². The van der Waals surface area contributed by atoms with Crippen LogP contribution in [0.25, 0.3) is 5.57 Å². The normalized spacial score (nSPS) is 16.1. The molecule has 1 atom stereocenters. The summed E-state index contributed by atoms with van der Waals surface area (Å²) in [4.78, 5) is 0. The Morgan fingerprint density at radius 1 is 0.955 bits per heavy atom. The summed E-state index contributed by atoms with van der Waals surface area (Å²) in [6.45, 7) is 5.03. The van der Waals surface area contributed by atoms with Crippen molar-refractivity contribution >= 4 is 5.57 Å². The summed E-state index contributed by atoms with van der Waals surface area (Å²) in [5, 5.41) is 10.4. The molecule has 3 heteroatoms. The van der Waals surface area contributed by atoms with Crippen LogP contribution in [-0.4, -0.2) is 18.3 Å². The van der Waals surface area contributed by atoms with Gasteiger partial charge in [-0.05, 0) is 54.3 Å². The second kappa shape index (κ2) is 6.24. The Kier molecular flexibility index (Phi) is 4.16. The minimum Gasteiger partial charge on any atom is -0.490 e. The number of rotatable bonds is 5. The second-order valence-corrected chi connectivity index (χ2v) is 5.14. The van der Waals surface area contributed by atoms with Crippen molar-refractivity contribution in [1.82, 2.24) is 0 Å². The van der Waals surface area contributed by atoms with Crippen molar-refractivity contribution in [3.63, 3.8) is 0 Å². The highest BCUT2D eigenvalue weighted by Gasteiger charge is 2.25. The topological polar surface area (TPSA) is 38.7 Å². The molecule has 2 aromatic carbocycles. The monoisotopic (exact) mass is 296 g/mol. The molecular weight excluding hydrogens is 276 g/mol. The fourth-order valence-corrected chi connectivity index (χ4v) is 2.80. The number of benzene rings is 2. The number of hydrogen-bond donors (Lipinski definition) is 1. The molecule has 3 rings (SSSR count). The van der Waals surface area contributed by atoms with E-state index in [2.05, 4.69) is 0 Å². The van der Waals surface area contributed by atoms with Crippen molar-refractivity contribution in [3.05, 3.63) is 65.2 Å². The Labute approximate surface area is 130 Å². The van der Waals surface area contributed by atoms with E-state index in [1.54, 1.807) is 0 Å². The van der Waals surface area contributed by atoms with Gasteiger partial charge in [0.15, 0.2) is 11.5 Å². The smallest absolute Gasteiger partial charge is 0.161 e. The number of aliphatic hydroxyl groups excluding tert-OH is 1. The van der Waals surface area contributed by atoms with Crippen LogP contribution in [0.15, 0.2) is 48.5 Å². The largest absolute Gasteiger partial charge is 0.490 e. The molecule has 2 aromatic rings. The molecule has 3 nitrogen and oxygen atoms in total. The molecule has 1 aliphatic rings. The minimum atomic E-state index is -0.611. The molecule has 0 heterocycles. The Bertz CT molecular complexity index is 689. The summed E-state index contributed by atoms with van der Waals surface area (Å²) in [6.07, 6.45) is 1.27. The fourth-order valence-electron chi connectivity index (χ4n) is 2.80. The fraction of sp³-hybridized carbons (Fsp3) is 0.263. The maximum absolute atomic E-state index is 10.4. The Balaban J connectivity index is 2.09. The quantitative estimate of drug-likeness (QED) is 0.907. The zero-order valence-electron chi connectivity index (χ0n) is 12.9. The van der Waals surface area contributed by atoms with E-state index in [-0.39, 0.29) is 0 Å². The van der Waals surface area contributed by atoms with Crippen LogP contribution in [0.3, 0.4) is 0 Å². The molecule has 0 amide bonds. The van der Waals surface area contributed by atoms with E-state index in [0.29, 0.717) is 19.0 Å². The average molecular weight is 296 g/mol. The summed E-state index contributed by atoms with van der Waals surface area (Å²) in [5.74, 6) is 1.41. The Morgan fingerprint density at radius 2 is 1.59 bits per heavy atom. The van der Waals surface area contributed by atoms with Gasteiger partial charge in [-0.3, -0.25) is 0 Å². The number of ether oxygens (including phenoxy) is 2. The molecule has 0 saturated carbocycles. The second-order valence-electron chi connectivity index (χ2n) is 5.14. The molecular formula is C19H20O3. The third kappa shape index (κ3) is 2.60. The zero-order valence-corrected chi connectivity index (χ0v) is 12.9. The van der Waals surface area contributed by atoms with Crippen LogP contribution >= 0.6 is 0 Å². The number of fused-ring (bicyclic) bond motifs is 1. The van der Waals surface area contributed by atoms with E-state index >= 15 is 0 Å². The lowest BCUT2D eigenvalue weighted by atomic mass is 9.98. The molecule has 0 aliphatic heterocycles. The molecule has 0 fully saturated rings. The minimum absolute atomic E-state index is 0.563. The van der Waals surface area contributed by atoms with Gasteiger partial charge in [0.25, 0.3) is 0 Å². The molecule has 22 heavy (non-hydrogen) atoms. The summed E-state index contributed by atoms with van der Waals surface area (Å²) >= 11 is 0. The lowest BCUT2D eigenvalue weighted by Crippen LogP contribution is -2.01. The van der Waals surface area contributed by atoms with Crippen molar-refractivity contribution in [2.75, 3.05) is 13.2 Å². The maximum atomic E-state index is 10.4. The van der Waals surface area contributed by atoms with Crippen LogP contribution in [0.5, 0.6) is 11.5 Å². The van der Waals surface area contributed by atoms with Gasteiger partial charge in [0.1, 0.15) is 0 Å². The lowest BCUT2D eigenvalue weighted by molar-refractivity contribution is 0.230. The first-order chi connectivity index (χ1) is 10.7. The Hall–Kier alpha value is -2.26. The SMILES string of the molecule is CCOc1cc2c(cc1OCC)C(O)C=C2c1ccccc1. The number of hydrogen-bond acceptors (Lipinski definition) is 3. The van der Waals surface area contributed by atoms with Crippen molar-refractivity contribution in [2.45, 2.75) is 20.0 Å². The van der Waals surface area contributed by atoms with Crippen molar-refractivity contribution in [1.29, 1.82) is 0 Å². The zero-order chi connectivity index (χ0) is 15.5. The molecule has 114 valence electrons. The molecule has 0 radical (unpaired) electrons. The molecule has 1 aliphatic carbocycles. The molecule has 0 bridgehead atoms. The highest BCUT2D eigenvalue weighted by Crippen LogP contribution is 2.43. The summed E-state index contributed by atoms with van der Waals surface area (Å²) in [7, 11) is 0. The van der Waals surface area contributed by atoms with Gasteiger partial charge in [0.05, 0.1) is 19.3 Å². The van der Waals surface area contributed by atoms with Crippen LogP contribution in [0.4, 0.5) is 0 Å². The van der Waals surface area contributed by atoms with Gasteiger partial charge in [0.2, 0.25) is 0 Å². The third-order valence-corrected chi connectivity index (χ3v) is 3.73. The first-order valence-corrected chi connectivity index (χ1v) is 7.63. The van der Waals surface area contributed by atoms with Crippen molar-refractivity contribution < 1.29 is 14.6 Å². The summed E-state index contributed by atoms with van der Waals surface area (Å²) in [5.41, 5.74) is 4.00. The maximum Gasteiger partial charge on any atom is 0.161 e. The van der Waals surface area contributed by atoms with E-state index < -0.39 is 6.10 Å². The van der Waals surface area contributed by atoms with E-state index in [0.717, 1.165) is 28.0 Å². The standard InChI is InChI=1S/C19H20O3/c1-3-21-18-11-15-14(13-8-6-5-7-9-13)10-17(20)16(15)12-19(18)22-4-2/h5-12,17,20H,3-4H2,1-2H3. The number of aliphatic hydroxyl groups is 1. The third-order valence-electron chi connectivity index (χ3n) is 3.73. The average Bonchev–Trinajstić information content (AvgIpc) is 2.86. The van der Waals surface area contributed by atoms with Gasteiger partial charge in [0, 0.05) is 0 Å². The predicted molar refractivity (Wildman–Crippen MR) is 87.3 cm³/mol.